The molecule has 6 nitrogen and oxygen atoms in total. The lowest BCUT2D eigenvalue weighted by molar-refractivity contribution is -0.190. The van der Waals surface area contributed by atoms with Crippen LogP contribution in [-0.4, -0.2) is 34.1 Å². The van der Waals surface area contributed by atoms with Crippen LogP contribution in [0.1, 0.15) is 15.9 Å². The lowest BCUT2D eigenvalue weighted by Gasteiger charge is -2.15. The highest BCUT2D eigenvalue weighted by Gasteiger charge is 2.43. The fourth-order valence-corrected chi connectivity index (χ4v) is 2.52. The molecule has 1 aliphatic heterocycles. The van der Waals surface area contributed by atoms with Crippen LogP contribution in [0.5, 0.6) is 5.88 Å². The molecule has 2 aromatic heterocycles. The van der Waals surface area contributed by atoms with E-state index in [4.69, 9.17) is 11.6 Å². The number of carbonyl (C=O) groups is 2. The van der Waals surface area contributed by atoms with Crippen LogP contribution in [0.2, 0.25) is 5.15 Å². The van der Waals surface area contributed by atoms with Gasteiger partial charge in [-0.2, -0.15) is 13.2 Å². The SMILES string of the molecule is O=C1NCCc2c1cn(-c1ccnc(Cl)c1)c2OC(=O)C(F)(F)F. The topological polar surface area (TPSA) is 73.2 Å². The normalized spacial score (nSPS) is 14.1. The number of nitrogens with one attached hydrogen (secondary N) is 1. The zero-order chi connectivity index (χ0) is 17.5. The van der Waals surface area contributed by atoms with Gasteiger partial charge in [-0.3, -0.25) is 9.36 Å². The zero-order valence-corrected chi connectivity index (χ0v) is 12.6. The number of rotatable bonds is 2. The van der Waals surface area contributed by atoms with Gasteiger partial charge in [-0.15, -0.1) is 0 Å². The number of hydrogen-bond acceptors (Lipinski definition) is 4. The van der Waals surface area contributed by atoms with Crippen molar-refractivity contribution in [1.29, 1.82) is 0 Å². The van der Waals surface area contributed by atoms with E-state index in [9.17, 15) is 22.8 Å². The predicted octanol–water partition coefficient (Wildman–Crippen LogP) is 2.28. The summed E-state index contributed by atoms with van der Waals surface area (Å²) >= 11 is 5.79. The molecule has 0 fully saturated rings. The molecule has 0 saturated carbocycles. The Labute approximate surface area is 138 Å². The Kier molecular flexibility index (Phi) is 3.96. The molecule has 24 heavy (non-hydrogen) atoms. The van der Waals surface area contributed by atoms with Gasteiger partial charge in [-0.05, 0) is 18.6 Å². The quantitative estimate of drug-likeness (QED) is 0.659. The molecule has 126 valence electrons. The molecule has 0 aromatic carbocycles. The Morgan fingerprint density at radius 2 is 2.17 bits per heavy atom. The van der Waals surface area contributed by atoms with Crippen molar-refractivity contribution in [2.75, 3.05) is 6.54 Å². The number of fused-ring (bicyclic) bond motifs is 1. The number of nitrogens with zero attached hydrogens (tertiary/aromatic N) is 2. The third-order valence-electron chi connectivity index (χ3n) is 3.37. The number of aromatic nitrogens is 2. The molecule has 0 spiro atoms. The van der Waals surface area contributed by atoms with Crippen LogP contribution in [0.15, 0.2) is 24.5 Å². The Bertz CT molecular complexity index is 832. The maximum atomic E-state index is 12.6. The lowest BCUT2D eigenvalue weighted by Crippen LogP contribution is -2.32. The van der Waals surface area contributed by atoms with Crippen LogP contribution in [0.25, 0.3) is 5.69 Å². The van der Waals surface area contributed by atoms with Gasteiger partial charge in [-0.1, -0.05) is 11.6 Å². The van der Waals surface area contributed by atoms with Crippen molar-refractivity contribution < 1.29 is 27.5 Å². The summed E-state index contributed by atoms with van der Waals surface area (Å²) in [5.74, 6) is -3.18. The second-order valence-corrected chi connectivity index (χ2v) is 5.31. The summed E-state index contributed by atoms with van der Waals surface area (Å²) < 4.78 is 43.4. The molecule has 3 rings (SSSR count). The van der Waals surface area contributed by atoms with E-state index in [1.165, 1.54) is 29.1 Å². The Hall–Kier alpha value is -2.55. The second-order valence-electron chi connectivity index (χ2n) is 4.93. The minimum Gasteiger partial charge on any atom is -0.402 e. The van der Waals surface area contributed by atoms with Crippen molar-refractivity contribution in [2.24, 2.45) is 0 Å². The van der Waals surface area contributed by atoms with Crippen LogP contribution < -0.4 is 10.1 Å². The number of amides is 1. The Morgan fingerprint density at radius 1 is 1.42 bits per heavy atom. The fraction of sp³-hybridized carbons (Fsp3) is 0.214. The molecule has 0 bridgehead atoms. The first-order chi connectivity index (χ1) is 11.3. The molecule has 1 aliphatic rings. The average Bonchev–Trinajstić information content (AvgIpc) is 2.87. The number of ether oxygens (including phenoxy) is 1. The lowest BCUT2D eigenvalue weighted by atomic mass is 10.1. The number of halogens is 4. The van der Waals surface area contributed by atoms with Crippen LogP contribution in [0.3, 0.4) is 0 Å². The third-order valence-corrected chi connectivity index (χ3v) is 3.58. The van der Waals surface area contributed by atoms with E-state index in [-0.39, 0.29) is 35.1 Å². The minimum atomic E-state index is -5.16. The molecular weight excluding hydrogens is 351 g/mol. The number of hydrogen-bond donors (Lipinski definition) is 1. The Morgan fingerprint density at radius 3 is 2.83 bits per heavy atom. The highest BCUT2D eigenvalue weighted by Crippen LogP contribution is 2.33. The fourth-order valence-electron chi connectivity index (χ4n) is 2.35. The smallest absolute Gasteiger partial charge is 0.402 e. The van der Waals surface area contributed by atoms with Gasteiger partial charge in [0.05, 0.1) is 11.3 Å². The maximum absolute atomic E-state index is 12.6. The van der Waals surface area contributed by atoms with Gasteiger partial charge in [0, 0.05) is 24.5 Å². The molecule has 1 amide bonds. The first-order valence-corrected chi connectivity index (χ1v) is 7.08. The monoisotopic (exact) mass is 359 g/mol. The van der Waals surface area contributed by atoms with E-state index < -0.39 is 18.1 Å². The van der Waals surface area contributed by atoms with Crippen LogP contribution in [-0.2, 0) is 11.2 Å². The van der Waals surface area contributed by atoms with Gasteiger partial charge in [0.2, 0.25) is 5.88 Å². The molecule has 0 radical (unpaired) electrons. The summed E-state index contributed by atoms with van der Waals surface area (Å²) in [5.41, 5.74) is 0.672. The molecule has 0 atom stereocenters. The highest BCUT2D eigenvalue weighted by molar-refractivity contribution is 6.29. The molecule has 2 aromatic rings. The van der Waals surface area contributed by atoms with Crippen molar-refractivity contribution >= 4 is 23.5 Å². The molecule has 0 saturated heterocycles. The average molecular weight is 360 g/mol. The summed E-state index contributed by atoms with van der Waals surface area (Å²) in [5, 5.41) is 2.67. The van der Waals surface area contributed by atoms with E-state index in [2.05, 4.69) is 15.0 Å². The zero-order valence-electron chi connectivity index (χ0n) is 11.9. The van der Waals surface area contributed by atoms with E-state index in [1.807, 2.05) is 0 Å². The summed E-state index contributed by atoms with van der Waals surface area (Å²) in [6.45, 7) is 0.226. The number of esters is 1. The third kappa shape index (κ3) is 2.94. The molecule has 0 unspecified atom stereocenters. The number of alkyl halides is 3. The molecule has 10 heteroatoms. The summed E-state index contributed by atoms with van der Waals surface area (Å²) in [7, 11) is 0. The van der Waals surface area contributed by atoms with Gasteiger partial charge >= 0.3 is 12.1 Å². The van der Waals surface area contributed by atoms with Gasteiger partial charge in [0.15, 0.2) is 0 Å². The summed E-state index contributed by atoms with van der Waals surface area (Å²) in [6, 6.07) is 2.83. The Balaban J connectivity index is 2.14. The molecule has 1 N–H and O–H groups in total. The van der Waals surface area contributed by atoms with Gasteiger partial charge in [-0.25, -0.2) is 9.78 Å². The van der Waals surface area contributed by atoms with Gasteiger partial charge in [0.25, 0.3) is 5.91 Å². The van der Waals surface area contributed by atoms with E-state index in [0.29, 0.717) is 5.69 Å². The number of pyridine rings is 1. The van der Waals surface area contributed by atoms with Crippen molar-refractivity contribution in [3.8, 4) is 11.6 Å². The van der Waals surface area contributed by atoms with Gasteiger partial charge < -0.3 is 10.1 Å². The van der Waals surface area contributed by atoms with E-state index >= 15 is 0 Å². The highest BCUT2D eigenvalue weighted by atomic mass is 35.5. The van der Waals surface area contributed by atoms with Crippen LogP contribution >= 0.6 is 11.6 Å². The van der Waals surface area contributed by atoms with Gasteiger partial charge in [0.1, 0.15) is 5.15 Å². The first-order valence-electron chi connectivity index (χ1n) is 6.70. The summed E-state index contributed by atoms with van der Waals surface area (Å²) in [6.07, 6.45) is -2.29. The number of carbonyl (C=O) groups excluding carboxylic acids is 2. The van der Waals surface area contributed by atoms with Crippen LogP contribution in [0.4, 0.5) is 13.2 Å². The van der Waals surface area contributed by atoms with Crippen molar-refractivity contribution in [3.63, 3.8) is 0 Å². The molecule has 3 heterocycles. The van der Waals surface area contributed by atoms with Crippen molar-refractivity contribution in [3.05, 3.63) is 40.8 Å². The van der Waals surface area contributed by atoms with E-state index in [1.54, 1.807) is 0 Å². The predicted molar refractivity (Wildman–Crippen MR) is 76.3 cm³/mol. The standard InChI is InChI=1S/C14H9ClF3N3O3/c15-10-5-7(1-3-19-10)21-6-9-8(2-4-20-11(9)22)12(21)24-13(23)14(16,17)18/h1,3,5-6H,2,4H2,(H,20,22). The summed E-state index contributed by atoms with van der Waals surface area (Å²) in [4.78, 5) is 26.9. The largest absolute Gasteiger partial charge is 0.491 e. The molecule has 0 aliphatic carbocycles. The van der Waals surface area contributed by atoms with Crippen molar-refractivity contribution in [1.82, 2.24) is 14.9 Å². The van der Waals surface area contributed by atoms with E-state index in [0.717, 1.165) is 0 Å². The van der Waals surface area contributed by atoms with Crippen molar-refractivity contribution in [2.45, 2.75) is 12.6 Å². The van der Waals surface area contributed by atoms with Crippen LogP contribution in [0, 0.1) is 0 Å². The first kappa shape index (κ1) is 16.3. The minimum absolute atomic E-state index is 0.0942. The molecular formula is C14H9ClF3N3O3. The second kappa shape index (κ2) is 5.82. The maximum Gasteiger partial charge on any atom is 0.491 e.